The van der Waals surface area contributed by atoms with Crippen LogP contribution in [0.15, 0.2) is 42.0 Å². The van der Waals surface area contributed by atoms with E-state index in [1.807, 2.05) is 30.3 Å². The zero-order valence-electron chi connectivity index (χ0n) is 11.8. The molecule has 0 aromatic heterocycles. The topological polar surface area (TPSA) is 71.1 Å². The average molecular weight is 292 g/mol. The van der Waals surface area contributed by atoms with Gasteiger partial charge in [-0.3, -0.25) is 4.79 Å². The number of ketones is 1. The molecule has 112 valence electrons. The molecule has 1 atom stereocenters. The van der Waals surface area contributed by atoms with Gasteiger partial charge in [0, 0.05) is 0 Å². The summed E-state index contributed by atoms with van der Waals surface area (Å²) < 4.78 is 20.3. The number of carbonyl (C=O) groups excluding carboxylic acids is 2. The lowest BCUT2D eigenvalue weighted by Gasteiger charge is -2.08. The van der Waals surface area contributed by atoms with Crippen LogP contribution in [0.25, 0.3) is 0 Å². The van der Waals surface area contributed by atoms with Gasteiger partial charge in [0.15, 0.2) is 0 Å². The summed E-state index contributed by atoms with van der Waals surface area (Å²) >= 11 is 0. The lowest BCUT2D eigenvalue weighted by Crippen LogP contribution is -2.31. The van der Waals surface area contributed by atoms with Crippen molar-refractivity contribution < 1.29 is 28.5 Å². The van der Waals surface area contributed by atoms with Crippen LogP contribution in [0.4, 0.5) is 0 Å². The van der Waals surface area contributed by atoms with Crippen molar-refractivity contribution in [3.05, 3.63) is 47.6 Å². The number of hydrogen-bond donors (Lipinski definition) is 0. The Hall–Kier alpha value is -2.50. The highest BCUT2D eigenvalue weighted by atomic mass is 16.7. The number of methoxy groups -OCH3 is 1. The van der Waals surface area contributed by atoms with Gasteiger partial charge < -0.3 is 18.9 Å². The van der Waals surface area contributed by atoms with Gasteiger partial charge in [-0.15, -0.1) is 0 Å². The van der Waals surface area contributed by atoms with Gasteiger partial charge >= 0.3 is 11.9 Å². The minimum Gasteiger partial charge on any atom is -0.479 e. The van der Waals surface area contributed by atoms with E-state index in [-0.39, 0.29) is 24.9 Å². The summed E-state index contributed by atoms with van der Waals surface area (Å²) in [5.41, 5.74) is 0.882. The standard InChI is InChI=1S/C15H16O6/c1-3-19-14(17)12-11(16)13(15(18-2)21-12)20-9-10-7-5-4-6-8-10/h4-8,12H,3,9H2,1-2H3. The molecule has 1 aliphatic rings. The Morgan fingerprint density at radius 1 is 1.29 bits per heavy atom. The van der Waals surface area contributed by atoms with Crippen LogP contribution in [-0.4, -0.2) is 31.6 Å². The normalized spacial score (nSPS) is 17.4. The molecule has 1 aromatic carbocycles. The Balaban J connectivity index is 2.06. The fourth-order valence-corrected chi connectivity index (χ4v) is 1.81. The zero-order valence-corrected chi connectivity index (χ0v) is 11.8. The molecular weight excluding hydrogens is 276 g/mol. The maximum Gasteiger partial charge on any atom is 0.355 e. The number of rotatable bonds is 6. The van der Waals surface area contributed by atoms with Gasteiger partial charge in [-0.1, -0.05) is 30.3 Å². The van der Waals surface area contributed by atoms with Crippen molar-refractivity contribution in [1.29, 1.82) is 0 Å². The molecule has 0 radical (unpaired) electrons. The molecule has 1 heterocycles. The molecule has 6 nitrogen and oxygen atoms in total. The highest BCUT2D eigenvalue weighted by Crippen LogP contribution is 2.25. The summed E-state index contributed by atoms with van der Waals surface area (Å²) in [5.74, 6) is -1.55. The predicted molar refractivity (Wildman–Crippen MR) is 71.8 cm³/mol. The van der Waals surface area contributed by atoms with E-state index in [4.69, 9.17) is 18.9 Å². The molecule has 6 heteroatoms. The molecule has 0 N–H and O–H groups in total. The van der Waals surface area contributed by atoms with Gasteiger partial charge in [-0.25, -0.2) is 4.79 Å². The van der Waals surface area contributed by atoms with Crippen LogP contribution in [0.1, 0.15) is 12.5 Å². The third-order valence-corrected chi connectivity index (χ3v) is 2.78. The molecule has 1 aromatic rings. The van der Waals surface area contributed by atoms with E-state index in [2.05, 4.69) is 0 Å². The van der Waals surface area contributed by atoms with Crippen molar-refractivity contribution >= 4 is 11.8 Å². The summed E-state index contributed by atoms with van der Waals surface area (Å²) in [4.78, 5) is 23.8. The number of carbonyl (C=O) groups is 2. The van der Waals surface area contributed by atoms with E-state index in [1.165, 1.54) is 7.11 Å². The number of benzene rings is 1. The highest BCUT2D eigenvalue weighted by Gasteiger charge is 2.44. The number of ether oxygens (including phenoxy) is 4. The summed E-state index contributed by atoms with van der Waals surface area (Å²) in [6, 6.07) is 9.31. The molecule has 0 aliphatic carbocycles. The van der Waals surface area contributed by atoms with Crippen molar-refractivity contribution in [3.8, 4) is 0 Å². The second-order valence-electron chi connectivity index (χ2n) is 4.21. The second kappa shape index (κ2) is 6.78. The van der Waals surface area contributed by atoms with Crippen LogP contribution in [0.3, 0.4) is 0 Å². The van der Waals surface area contributed by atoms with Crippen LogP contribution < -0.4 is 0 Å². The van der Waals surface area contributed by atoms with Crippen molar-refractivity contribution in [2.75, 3.05) is 13.7 Å². The summed E-state index contributed by atoms with van der Waals surface area (Å²) in [7, 11) is 1.34. The SMILES string of the molecule is CCOC(=O)C1OC(OC)=C(OCc2ccccc2)C1=O. The molecular formula is C15H16O6. The molecule has 1 aliphatic heterocycles. The molecule has 1 unspecified atom stereocenters. The first kappa shape index (κ1) is 14.9. The maximum absolute atomic E-state index is 12.1. The number of hydrogen-bond acceptors (Lipinski definition) is 6. The van der Waals surface area contributed by atoms with E-state index in [0.717, 1.165) is 5.56 Å². The van der Waals surface area contributed by atoms with Crippen molar-refractivity contribution in [3.63, 3.8) is 0 Å². The highest BCUT2D eigenvalue weighted by molar-refractivity contribution is 6.11. The fraction of sp³-hybridized carbons (Fsp3) is 0.333. The fourth-order valence-electron chi connectivity index (χ4n) is 1.81. The third-order valence-electron chi connectivity index (χ3n) is 2.78. The molecule has 0 bridgehead atoms. The molecule has 21 heavy (non-hydrogen) atoms. The Morgan fingerprint density at radius 3 is 2.62 bits per heavy atom. The van der Waals surface area contributed by atoms with E-state index >= 15 is 0 Å². The Bertz CT molecular complexity index is 549. The lowest BCUT2D eigenvalue weighted by atomic mass is 10.2. The molecule has 0 spiro atoms. The molecule has 2 rings (SSSR count). The van der Waals surface area contributed by atoms with Gasteiger partial charge in [0.1, 0.15) is 6.61 Å². The Labute approximate surface area is 122 Å². The van der Waals surface area contributed by atoms with Gasteiger partial charge in [0.2, 0.25) is 5.76 Å². The smallest absolute Gasteiger partial charge is 0.355 e. The van der Waals surface area contributed by atoms with Gasteiger partial charge in [-0.2, -0.15) is 0 Å². The third kappa shape index (κ3) is 3.34. The number of esters is 1. The lowest BCUT2D eigenvalue weighted by molar-refractivity contribution is -0.158. The summed E-state index contributed by atoms with van der Waals surface area (Å²) in [5, 5.41) is 0. The van der Waals surface area contributed by atoms with Crippen LogP contribution in [-0.2, 0) is 35.1 Å². The molecule has 0 saturated carbocycles. The largest absolute Gasteiger partial charge is 0.479 e. The minimum absolute atomic E-state index is 0.0978. The van der Waals surface area contributed by atoms with Crippen LogP contribution in [0.2, 0.25) is 0 Å². The molecule has 0 fully saturated rings. The second-order valence-corrected chi connectivity index (χ2v) is 4.21. The van der Waals surface area contributed by atoms with Crippen LogP contribution in [0.5, 0.6) is 0 Å². The van der Waals surface area contributed by atoms with Gasteiger partial charge in [0.05, 0.1) is 13.7 Å². The minimum atomic E-state index is -1.36. The summed E-state index contributed by atoms with van der Waals surface area (Å²) in [6.07, 6.45) is -1.36. The number of Topliss-reactive ketones (excluding diaryl/α,β-unsaturated/α-hetero) is 1. The zero-order chi connectivity index (χ0) is 15.2. The first-order chi connectivity index (χ1) is 10.2. The monoisotopic (exact) mass is 292 g/mol. The first-order valence-corrected chi connectivity index (χ1v) is 6.49. The van der Waals surface area contributed by atoms with E-state index < -0.39 is 17.9 Å². The van der Waals surface area contributed by atoms with Gasteiger partial charge in [-0.05, 0) is 12.5 Å². The Morgan fingerprint density at radius 2 is 2.00 bits per heavy atom. The quantitative estimate of drug-likeness (QED) is 0.585. The van der Waals surface area contributed by atoms with Crippen LogP contribution >= 0.6 is 0 Å². The molecule has 0 amide bonds. The van der Waals surface area contributed by atoms with Crippen molar-refractivity contribution in [2.24, 2.45) is 0 Å². The Kier molecular flexibility index (Phi) is 4.81. The van der Waals surface area contributed by atoms with E-state index in [1.54, 1.807) is 6.92 Å². The van der Waals surface area contributed by atoms with Crippen molar-refractivity contribution in [1.82, 2.24) is 0 Å². The molecule has 0 saturated heterocycles. The first-order valence-electron chi connectivity index (χ1n) is 6.49. The van der Waals surface area contributed by atoms with E-state index in [9.17, 15) is 9.59 Å². The average Bonchev–Trinajstić information content (AvgIpc) is 2.83. The summed E-state index contributed by atoms with van der Waals surface area (Å²) in [6.45, 7) is 1.98. The predicted octanol–water partition coefficient (Wildman–Crippen LogP) is 1.55. The van der Waals surface area contributed by atoms with E-state index in [0.29, 0.717) is 0 Å². The van der Waals surface area contributed by atoms with Gasteiger partial charge in [0.25, 0.3) is 11.9 Å². The van der Waals surface area contributed by atoms with Crippen molar-refractivity contribution in [2.45, 2.75) is 19.6 Å². The van der Waals surface area contributed by atoms with Crippen LogP contribution in [0, 0.1) is 0 Å². The maximum atomic E-state index is 12.1.